The van der Waals surface area contributed by atoms with E-state index in [9.17, 15) is 4.79 Å². The molecule has 9 nitrogen and oxygen atoms in total. The predicted molar refractivity (Wildman–Crippen MR) is 175 cm³/mol. The van der Waals surface area contributed by atoms with Gasteiger partial charge in [-0.3, -0.25) is 4.79 Å². The molecule has 0 bridgehead atoms. The quantitative estimate of drug-likeness (QED) is 0.259. The van der Waals surface area contributed by atoms with E-state index < -0.39 is 0 Å². The second-order valence-corrected chi connectivity index (χ2v) is 12.3. The summed E-state index contributed by atoms with van der Waals surface area (Å²) in [6.45, 7) is 18.2. The Morgan fingerprint density at radius 3 is 2.70 bits per heavy atom. The molecule has 3 aliphatic rings. The van der Waals surface area contributed by atoms with Crippen LogP contribution in [0.3, 0.4) is 0 Å². The molecule has 2 aromatic carbocycles. The number of anilines is 2. The highest BCUT2D eigenvalue weighted by molar-refractivity contribution is 5.97. The van der Waals surface area contributed by atoms with Gasteiger partial charge in [0.25, 0.3) is 0 Å². The fraction of sp³-hybridized carbons (Fsp3) is 0.486. The van der Waals surface area contributed by atoms with Crippen molar-refractivity contribution in [1.29, 1.82) is 0 Å². The maximum atomic E-state index is 12.6. The first-order valence-electron chi connectivity index (χ1n) is 15.9. The molecule has 1 amide bonds. The summed E-state index contributed by atoms with van der Waals surface area (Å²) in [6, 6.07) is 13.8. The number of rotatable bonds is 9. The van der Waals surface area contributed by atoms with Crippen LogP contribution in [0, 0.1) is 13.5 Å². The van der Waals surface area contributed by atoms with Gasteiger partial charge in [0, 0.05) is 55.4 Å². The van der Waals surface area contributed by atoms with Crippen LogP contribution in [0.15, 0.2) is 49.1 Å². The third-order valence-corrected chi connectivity index (χ3v) is 9.62. The van der Waals surface area contributed by atoms with Gasteiger partial charge in [0.05, 0.1) is 12.2 Å². The van der Waals surface area contributed by atoms with Crippen molar-refractivity contribution < 1.29 is 9.53 Å². The molecule has 3 heterocycles. The molecular formula is C35H43N7O2. The molecule has 1 atom stereocenters. The second kappa shape index (κ2) is 13.2. The van der Waals surface area contributed by atoms with Gasteiger partial charge in [-0.15, -0.1) is 0 Å². The number of amides is 1. The van der Waals surface area contributed by atoms with Crippen molar-refractivity contribution in [2.45, 2.75) is 57.7 Å². The number of fused-ring (bicyclic) bond motifs is 2. The zero-order valence-electron chi connectivity index (χ0n) is 26.0. The van der Waals surface area contributed by atoms with Crippen molar-refractivity contribution in [2.24, 2.45) is 0 Å². The summed E-state index contributed by atoms with van der Waals surface area (Å²) < 4.78 is 6.28. The van der Waals surface area contributed by atoms with Crippen molar-refractivity contribution >= 4 is 28.2 Å². The lowest BCUT2D eigenvalue weighted by atomic mass is 9.99. The van der Waals surface area contributed by atoms with Gasteiger partial charge in [-0.25, -0.2) is 6.57 Å². The molecule has 1 saturated heterocycles. The fourth-order valence-electron chi connectivity index (χ4n) is 7.21. The van der Waals surface area contributed by atoms with Crippen molar-refractivity contribution in [3.63, 3.8) is 0 Å². The van der Waals surface area contributed by atoms with Crippen molar-refractivity contribution in [2.75, 3.05) is 62.7 Å². The Morgan fingerprint density at radius 2 is 1.93 bits per heavy atom. The van der Waals surface area contributed by atoms with Gasteiger partial charge in [-0.05, 0) is 56.3 Å². The lowest BCUT2D eigenvalue weighted by molar-refractivity contribution is -0.128. The van der Waals surface area contributed by atoms with Crippen molar-refractivity contribution in [1.82, 2.24) is 19.8 Å². The third-order valence-electron chi connectivity index (χ3n) is 9.62. The number of nitrogens with zero attached hydrogens (tertiary/aromatic N) is 7. The minimum atomic E-state index is -0.222. The monoisotopic (exact) mass is 593 g/mol. The van der Waals surface area contributed by atoms with Gasteiger partial charge in [0.2, 0.25) is 12.5 Å². The summed E-state index contributed by atoms with van der Waals surface area (Å²) in [7, 11) is 2.18. The minimum Gasteiger partial charge on any atom is -0.462 e. The largest absolute Gasteiger partial charge is 0.462 e. The summed E-state index contributed by atoms with van der Waals surface area (Å²) >= 11 is 0. The van der Waals surface area contributed by atoms with Gasteiger partial charge in [0.15, 0.2) is 0 Å². The molecule has 0 spiro atoms. The van der Waals surface area contributed by atoms with Crippen LogP contribution in [0.4, 0.5) is 11.5 Å². The summed E-state index contributed by atoms with van der Waals surface area (Å²) in [5, 5.41) is 2.52. The van der Waals surface area contributed by atoms with Crippen LogP contribution in [-0.2, 0) is 17.8 Å². The normalized spacial score (nSPS) is 18.9. The highest BCUT2D eigenvalue weighted by atomic mass is 16.5. The Kier molecular flexibility index (Phi) is 8.99. The summed E-state index contributed by atoms with van der Waals surface area (Å²) in [5.74, 6) is 0.753. The van der Waals surface area contributed by atoms with E-state index in [2.05, 4.69) is 76.5 Å². The molecule has 0 N–H and O–H groups in total. The van der Waals surface area contributed by atoms with Crippen LogP contribution < -0.4 is 14.5 Å². The number of piperazine rings is 1. The lowest BCUT2D eigenvalue weighted by Crippen LogP contribution is -2.56. The van der Waals surface area contributed by atoms with E-state index in [0.29, 0.717) is 44.8 Å². The molecular weight excluding hydrogens is 550 g/mol. The van der Waals surface area contributed by atoms with E-state index in [1.807, 2.05) is 0 Å². The highest BCUT2D eigenvalue weighted by Gasteiger charge is 2.35. The van der Waals surface area contributed by atoms with Gasteiger partial charge in [-0.1, -0.05) is 49.8 Å². The zero-order chi connectivity index (χ0) is 30.6. The van der Waals surface area contributed by atoms with Gasteiger partial charge in [0.1, 0.15) is 18.5 Å². The topological polar surface area (TPSA) is 69.4 Å². The second-order valence-electron chi connectivity index (χ2n) is 12.3. The van der Waals surface area contributed by atoms with E-state index in [0.717, 1.165) is 36.6 Å². The number of aryl methyl sites for hydroxylation is 1. The molecule has 1 saturated carbocycles. The molecule has 1 aliphatic carbocycles. The Morgan fingerprint density at radius 1 is 1.14 bits per heavy atom. The van der Waals surface area contributed by atoms with E-state index in [1.54, 1.807) is 4.90 Å². The molecule has 2 aliphatic heterocycles. The van der Waals surface area contributed by atoms with Crippen LogP contribution >= 0.6 is 0 Å². The van der Waals surface area contributed by atoms with E-state index >= 15 is 0 Å². The van der Waals surface area contributed by atoms with E-state index in [4.69, 9.17) is 21.3 Å². The maximum Gasteiger partial charge on any atom is 0.318 e. The van der Waals surface area contributed by atoms with Crippen molar-refractivity contribution in [3.8, 4) is 6.01 Å². The van der Waals surface area contributed by atoms with Crippen molar-refractivity contribution in [3.05, 3.63) is 77.3 Å². The standard InChI is InChI=1S/C35H43N7O2/c1-5-32(43)42-19-18-41(23-28(42)22-36-3)34-29-16-17-40(31-15-9-12-26-11-8-10-25(2)33(26)31)24-30(29)37-35(38-34)44-21-20-39(4)27-13-6-7-14-27/h5,8-12,15,27-28H,1,6-7,13-14,16-24H2,2,4H3. The summed E-state index contributed by atoms with van der Waals surface area (Å²) in [4.78, 5) is 35.1. The van der Waals surface area contributed by atoms with Crippen LogP contribution in [0.1, 0.15) is 42.5 Å². The number of hydrogen-bond acceptors (Lipinski definition) is 7. The maximum absolute atomic E-state index is 12.6. The van der Waals surface area contributed by atoms with Gasteiger partial charge < -0.3 is 29.2 Å². The van der Waals surface area contributed by atoms with Crippen LogP contribution in [0.5, 0.6) is 6.01 Å². The number of aromatic nitrogens is 2. The first kappa shape index (κ1) is 29.9. The Hall–Kier alpha value is -4.16. The molecule has 44 heavy (non-hydrogen) atoms. The van der Waals surface area contributed by atoms with Crippen LogP contribution in [0.2, 0.25) is 0 Å². The minimum absolute atomic E-state index is 0.126. The summed E-state index contributed by atoms with van der Waals surface area (Å²) in [6.07, 6.45) is 7.27. The fourth-order valence-corrected chi connectivity index (χ4v) is 7.21. The molecule has 1 unspecified atom stereocenters. The molecule has 1 aromatic heterocycles. The first-order valence-corrected chi connectivity index (χ1v) is 15.9. The van der Waals surface area contributed by atoms with E-state index in [-0.39, 0.29) is 18.5 Å². The number of benzene rings is 2. The molecule has 9 heteroatoms. The number of carbonyl (C=O) groups excluding carboxylic acids is 1. The number of hydrogen-bond donors (Lipinski definition) is 0. The SMILES string of the molecule is [C-]#[N+]CC1CN(c2nc(OCCN(C)C3CCCC3)nc3c2CCN(c2cccc4cccc(C)c24)C3)CCN1C(=O)C=C. The number of likely N-dealkylation sites (N-methyl/N-ethyl adjacent to an activating group) is 1. The molecule has 3 aromatic rings. The Bertz CT molecular complexity index is 1560. The van der Waals surface area contributed by atoms with Gasteiger partial charge >= 0.3 is 6.01 Å². The number of carbonyl (C=O) groups is 1. The highest BCUT2D eigenvalue weighted by Crippen LogP contribution is 2.36. The molecule has 0 radical (unpaired) electrons. The van der Waals surface area contributed by atoms with Gasteiger partial charge in [-0.2, -0.15) is 9.97 Å². The zero-order valence-corrected chi connectivity index (χ0v) is 26.0. The predicted octanol–water partition coefficient (Wildman–Crippen LogP) is 4.88. The van der Waals surface area contributed by atoms with E-state index in [1.165, 1.54) is 53.8 Å². The molecule has 6 rings (SSSR count). The summed E-state index contributed by atoms with van der Waals surface area (Å²) in [5.41, 5.74) is 4.61. The Balaban J connectivity index is 1.30. The number of ether oxygens (including phenoxy) is 1. The molecule has 230 valence electrons. The third kappa shape index (κ3) is 6.09. The van der Waals surface area contributed by atoms with Crippen LogP contribution in [0.25, 0.3) is 15.6 Å². The average molecular weight is 594 g/mol. The lowest BCUT2D eigenvalue weighted by Gasteiger charge is -2.41. The Labute approximate surface area is 260 Å². The van der Waals surface area contributed by atoms with Crippen LogP contribution in [-0.4, -0.2) is 90.7 Å². The smallest absolute Gasteiger partial charge is 0.318 e. The first-order chi connectivity index (χ1) is 21.5. The molecule has 2 fully saturated rings. The average Bonchev–Trinajstić information content (AvgIpc) is 3.59.